The number of aryl methyl sites for hydroxylation is 1. The summed E-state index contributed by atoms with van der Waals surface area (Å²) in [6.07, 6.45) is 3.20. The van der Waals surface area contributed by atoms with Gasteiger partial charge in [-0.15, -0.1) is 0 Å². The second-order valence-electron chi connectivity index (χ2n) is 7.12. The molecular formula is C24H19BrN2O4. The molecule has 1 aliphatic rings. The molecule has 6 nitrogen and oxygen atoms in total. The fourth-order valence-electron chi connectivity index (χ4n) is 3.59. The number of amides is 1. The number of hydrogen-bond donors (Lipinski definition) is 1. The van der Waals surface area contributed by atoms with Crippen LogP contribution in [0.15, 0.2) is 77.0 Å². The van der Waals surface area contributed by atoms with Crippen molar-refractivity contribution < 1.29 is 19.4 Å². The molecule has 0 radical (unpaired) electrons. The van der Waals surface area contributed by atoms with E-state index in [1.165, 1.54) is 4.90 Å². The summed E-state index contributed by atoms with van der Waals surface area (Å²) in [5, 5.41) is 11.1. The molecule has 31 heavy (non-hydrogen) atoms. The lowest BCUT2D eigenvalue weighted by molar-refractivity contribution is -0.132. The first-order valence-electron chi connectivity index (χ1n) is 9.54. The van der Waals surface area contributed by atoms with E-state index in [1.54, 1.807) is 68.0 Å². The van der Waals surface area contributed by atoms with Crippen LogP contribution in [-0.4, -0.2) is 28.9 Å². The van der Waals surface area contributed by atoms with Crippen LogP contribution in [0, 0.1) is 6.92 Å². The van der Waals surface area contributed by atoms with Gasteiger partial charge >= 0.3 is 0 Å². The Labute approximate surface area is 187 Å². The van der Waals surface area contributed by atoms with E-state index in [0.717, 1.165) is 10.0 Å². The van der Waals surface area contributed by atoms with Gasteiger partial charge in [0.25, 0.3) is 11.7 Å². The highest BCUT2D eigenvalue weighted by atomic mass is 79.9. The molecule has 1 atom stereocenters. The van der Waals surface area contributed by atoms with Crippen LogP contribution in [0.25, 0.3) is 5.76 Å². The number of aliphatic hydroxyl groups excluding tert-OH is 1. The molecule has 1 saturated heterocycles. The summed E-state index contributed by atoms with van der Waals surface area (Å²) in [5.41, 5.74) is 2.59. The zero-order valence-corrected chi connectivity index (χ0v) is 18.5. The SMILES string of the molecule is COc1ccc(C(O)=C2C(=O)C(=O)N(c3ccc(C)c(Br)c3)[C@@H]2c2cccnc2)cc1. The number of aliphatic hydroxyl groups is 1. The van der Waals surface area contributed by atoms with Gasteiger partial charge in [-0.2, -0.15) is 0 Å². The summed E-state index contributed by atoms with van der Waals surface area (Å²) in [7, 11) is 1.54. The van der Waals surface area contributed by atoms with Gasteiger partial charge in [-0.1, -0.05) is 28.1 Å². The Kier molecular flexibility index (Phi) is 5.61. The highest BCUT2D eigenvalue weighted by Gasteiger charge is 2.47. The second kappa shape index (κ2) is 8.35. The summed E-state index contributed by atoms with van der Waals surface area (Å²) in [4.78, 5) is 31.8. The van der Waals surface area contributed by atoms with Crippen LogP contribution < -0.4 is 9.64 Å². The van der Waals surface area contributed by atoms with Crippen molar-refractivity contribution in [3.05, 3.63) is 93.7 Å². The van der Waals surface area contributed by atoms with Gasteiger partial charge < -0.3 is 9.84 Å². The number of aromatic nitrogens is 1. The quantitative estimate of drug-likeness (QED) is 0.331. The number of pyridine rings is 1. The summed E-state index contributed by atoms with van der Waals surface area (Å²) in [6.45, 7) is 1.93. The summed E-state index contributed by atoms with van der Waals surface area (Å²) < 4.78 is 5.97. The average Bonchev–Trinajstić information content (AvgIpc) is 3.06. The predicted octanol–water partition coefficient (Wildman–Crippen LogP) is 4.79. The normalized spacial score (nSPS) is 17.8. The van der Waals surface area contributed by atoms with Crippen molar-refractivity contribution >= 4 is 39.1 Å². The number of anilines is 1. The monoisotopic (exact) mass is 478 g/mol. The highest BCUT2D eigenvalue weighted by Crippen LogP contribution is 2.42. The molecule has 0 saturated carbocycles. The Morgan fingerprint density at radius 2 is 1.87 bits per heavy atom. The first-order chi connectivity index (χ1) is 14.9. The molecule has 0 bridgehead atoms. The number of carbonyl (C=O) groups is 2. The van der Waals surface area contributed by atoms with E-state index in [4.69, 9.17) is 4.74 Å². The van der Waals surface area contributed by atoms with E-state index < -0.39 is 17.7 Å². The minimum absolute atomic E-state index is 0.0138. The summed E-state index contributed by atoms with van der Waals surface area (Å²) in [6, 6.07) is 14.8. The molecule has 2 aromatic carbocycles. The van der Waals surface area contributed by atoms with Gasteiger partial charge in [-0.25, -0.2) is 0 Å². The summed E-state index contributed by atoms with van der Waals surface area (Å²) in [5.74, 6) is -1.09. The number of rotatable bonds is 4. The van der Waals surface area contributed by atoms with Crippen molar-refractivity contribution in [3.63, 3.8) is 0 Å². The first kappa shape index (κ1) is 20.8. The van der Waals surface area contributed by atoms with Gasteiger partial charge in [0.15, 0.2) is 0 Å². The van der Waals surface area contributed by atoms with Crippen molar-refractivity contribution in [3.8, 4) is 5.75 Å². The number of hydrogen-bond acceptors (Lipinski definition) is 5. The lowest BCUT2D eigenvalue weighted by Gasteiger charge is -2.25. The van der Waals surface area contributed by atoms with Gasteiger partial charge in [-0.05, 0) is 60.5 Å². The largest absolute Gasteiger partial charge is 0.507 e. The third kappa shape index (κ3) is 3.72. The van der Waals surface area contributed by atoms with Gasteiger partial charge in [0, 0.05) is 28.1 Å². The molecule has 0 spiro atoms. The highest BCUT2D eigenvalue weighted by molar-refractivity contribution is 9.10. The maximum Gasteiger partial charge on any atom is 0.300 e. The molecule has 4 rings (SSSR count). The van der Waals surface area contributed by atoms with E-state index in [0.29, 0.717) is 22.6 Å². The lowest BCUT2D eigenvalue weighted by atomic mass is 9.96. The van der Waals surface area contributed by atoms with Crippen LogP contribution in [-0.2, 0) is 9.59 Å². The third-order valence-electron chi connectivity index (χ3n) is 5.24. The molecule has 0 aliphatic carbocycles. The van der Waals surface area contributed by atoms with Gasteiger partial charge in [-0.3, -0.25) is 19.5 Å². The van der Waals surface area contributed by atoms with Gasteiger partial charge in [0.1, 0.15) is 11.5 Å². The Hall–Kier alpha value is -3.45. The number of carbonyl (C=O) groups excluding carboxylic acids is 2. The van der Waals surface area contributed by atoms with Crippen LogP contribution in [0.4, 0.5) is 5.69 Å². The van der Waals surface area contributed by atoms with E-state index in [-0.39, 0.29) is 11.3 Å². The average molecular weight is 479 g/mol. The molecule has 1 fully saturated rings. The maximum atomic E-state index is 13.1. The van der Waals surface area contributed by atoms with E-state index in [9.17, 15) is 14.7 Å². The van der Waals surface area contributed by atoms with Gasteiger partial charge in [0.2, 0.25) is 0 Å². The van der Waals surface area contributed by atoms with Gasteiger partial charge in [0.05, 0.1) is 18.7 Å². The fourth-order valence-corrected chi connectivity index (χ4v) is 3.95. The molecule has 2 heterocycles. The molecule has 7 heteroatoms. The zero-order chi connectivity index (χ0) is 22.1. The zero-order valence-electron chi connectivity index (χ0n) is 16.9. The molecule has 156 valence electrons. The molecule has 1 amide bonds. The van der Waals surface area contributed by atoms with Crippen molar-refractivity contribution in [2.24, 2.45) is 0 Å². The number of Topliss-reactive ketones (excluding diaryl/α,β-unsaturated/α-hetero) is 1. The Bertz CT molecular complexity index is 1190. The number of halogens is 1. The van der Waals surface area contributed by atoms with Crippen LogP contribution >= 0.6 is 15.9 Å². The Morgan fingerprint density at radius 1 is 1.13 bits per heavy atom. The Balaban J connectivity index is 1.92. The number of benzene rings is 2. The second-order valence-corrected chi connectivity index (χ2v) is 7.97. The predicted molar refractivity (Wildman–Crippen MR) is 121 cm³/mol. The van der Waals surface area contributed by atoms with Crippen molar-refractivity contribution in [1.82, 2.24) is 4.98 Å². The standard InChI is InChI=1S/C24H19BrN2O4/c1-14-5-8-17(12-19(14)25)27-21(16-4-3-11-26-13-16)20(23(29)24(27)30)22(28)15-6-9-18(31-2)10-7-15/h3-13,21,28H,1-2H3/t21-/m1/s1. The number of methoxy groups -OCH3 is 1. The fraction of sp³-hybridized carbons (Fsp3) is 0.125. The molecule has 0 unspecified atom stereocenters. The van der Waals surface area contributed by atoms with Crippen LogP contribution in [0.5, 0.6) is 5.75 Å². The lowest BCUT2D eigenvalue weighted by Crippen LogP contribution is -2.29. The molecule has 1 aromatic heterocycles. The number of ether oxygens (including phenoxy) is 1. The van der Waals surface area contributed by atoms with Crippen LogP contribution in [0.2, 0.25) is 0 Å². The number of ketones is 1. The van der Waals surface area contributed by atoms with Crippen LogP contribution in [0.3, 0.4) is 0 Å². The van der Waals surface area contributed by atoms with E-state index in [1.807, 2.05) is 13.0 Å². The Morgan fingerprint density at radius 3 is 2.48 bits per heavy atom. The molecular weight excluding hydrogens is 460 g/mol. The number of nitrogens with zero attached hydrogens (tertiary/aromatic N) is 2. The van der Waals surface area contributed by atoms with E-state index in [2.05, 4.69) is 20.9 Å². The van der Waals surface area contributed by atoms with Crippen molar-refractivity contribution in [2.45, 2.75) is 13.0 Å². The van der Waals surface area contributed by atoms with Crippen molar-refractivity contribution in [2.75, 3.05) is 12.0 Å². The molecule has 3 aromatic rings. The summed E-state index contributed by atoms with van der Waals surface area (Å²) >= 11 is 3.49. The van der Waals surface area contributed by atoms with E-state index >= 15 is 0 Å². The third-order valence-corrected chi connectivity index (χ3v) is 6.10. The van der Waals surface area contributed by atoms with Crippen LogP contribution in [0.1, 0.15) is 22.7 Å². The topological polar surface area (TPSA) is 79.7 Å². The molecule has 1 N–H and O–H groups in total. The maximum absolute atomic E-state index is 13.1. The minimum atomic E-state index is -0.814. The first-order valence-corrected chi connectivity index (χ1v) is 10.3. The van der Waals surface area contributed by atoms with Crippen molar-refractivity contribution in [1.29, 1.82) is 0 Å². The minimum Gasteiger partial charge on any atom is -0.507 e. The molecule has 1 aliphatic heterocycles. The smallest absolute Gasteiger partial charge is 0.300 e.